The van der Waals surface area contributed by atoms with Crippen molar-refractivity contribution in [2.24, 2.45) is 0 Å². The summed E-state index contributed by atoms with van der Waals surface area (Å²) in [5.74, 6) is 0.702. The van der Waals surface area contributed by atoms with E-state index in [1.165, 1.54) is 0 Å². The maximum Gasteiger partial charge on any atom is 0.406 e. The third-order valence-electron chi connectivity index (χ3n) is 4.08. The molecule has 2 saturated heterocycles. The van der Waals surface area contributed by atoms with E-state index < -0.39 is 24.7 Å². The predicted octanol–water partition coefficient (Wildman–Crippen LogP) is 0.650. The average Bonchev–Trinajstić information content (AvgIpc) is 3.05. The Kier molecular flexibility index (Phi) is 4.28. The van der Waals surface area contributed by atoms with Crippen LogP contribution in [0, 0.1) is 6.92 Å². The minimum Gasteiger partial charge on any atom is -0.367 e. The SMILES string of the molecule is Cc1nc([C@H]2CN([C@@H]3CCN(CC(F)(F)F)C3=O)CCO2)n[nH]1. The summed E-state index contributed by atoms with van der Waals surface area (Å²) < 4.78 is 43.1. The maximum absolute atomic E-state index is 12.5. The van der Waals surface area contributed by atoms with Gasteiger partial charge in [0.25, 0.3) is 0 Å². The average molecular weight is 333 g/mol. The molecule has 0 bridgehead atoms. The van der Waals surface area contributed by atoms with E-state index >= 15 is 0 Å². The monoisotopic (exact) mass is 333 g/mol. The molecule has 2 aliphatic heterocycles. The Morgan fingerprint density at radius 2 is 2.17 bits per heavy atom. The number of amides is 1. The molecule has 3 heterocycles. The highest BCUT2D eigenvalue weighted by Gasteiger charge is 2.42. The lowest BCUT2D eigenvalue weighted by atomic mass is 10.1. The highest BCUT2D eigenvalue weighted by Crippen LogP contribution is 2.27. The number of aromatic nitrogens is 3. The fourth-order valence-electron chi connectivity index (χ4n) is 3.05. The van der Waals surface area contributed by atoms with Crippen molar-refractivity contribution >= 4 is 5.91 Å². The van der Waals surface area contributed by atoms with Gasteiger partial charge in [-0.15, -0.1) is 0 Å². The topological polar surface area (TPSA) is 74.3 Å². The number of alkyl halides is 3. The molecule has 0 aromatic carbocycles. The Morgan fingerprint density at radius 3 is 2.83 bits per heavy atom. The van der Waals surface area contributed by atoms with Gasteiger partial charge in [0.2, 0.25) is 5.91 Å². The minimum atomic E-state index is -4.37. The first-order valence-electron chi connectivity index (χ1n) is 7.43. The molecule has 0 spiro atoms. The van der Waals surface area contributed by atoms with Crippen molar-refractivity contribution in [1.82, 2.24) is 25.0 Å². The molecule has 2 atom stereocenters. The van der Waals surface area contributed by atoms with E-state index in [1.807, 2.05) is 4.90 Å². The van der Waals surface area contributed by atoms with E-state index in [9.17, 15) is 18.0 Å². The van der Waals surface area contributed by atoms with E-state index in [2.05, 4.69) is 15.2 Å². The predicted molar refractivity (Wildman–Crippen MR) is 72.4 cm³/mol. The van der Waals surface area contributed by atoms with Crippen LogP contribution in [0.25, 0.3) is 0 Å². The van der Waals surface area contributed by atoms with Crippen molar-refractivity contribution in [2.45, 2.75) is 31.7 Å². The van der Waals surface area contributed by atoms with Crippen LogP contribution in [-0.4, -0.2) is 75.9 Å². The van der Waals surface area contributed by atoms with Crippen LogP contribution < -0.4 is 0 Å². The summed E-state index contributed by atoms with van der Waals surface area (Å²) in [6.45, 7) is 2.01. The number of nitrogens with zero attached hydrogens (tertiary/aromatic N) is 4. The molecule has 3 rings (SSSR count). The smallest absolute Gasteiger partial charge is 0.367 e. The van der Waals surface area contributed by atoms with Crippen molar-refractivity contribution < 1.29 is 22.7 Å². The number of aromatic amines is 1. The van der Waals surface area contributed by atoms with Crippen molar-refractivity contribution in [1.29, 1.82) is 0 Å². The lowest BCUT2D eigenvalue weighted by molar-refractivity contribution is -0.160. The molecular formula is C13H18F3N5O2. The highest BCUT2D eigenvalue weighted by molar-refractivity contribution is 5.84. The lowest BCUT2D eigenvalue weighted by Crippen LogP contribution is -2.49. The van der Waals surface area contributed by atoms with Gasteiger partial charge in [-0.1, -0.05) is 0 Å². The second-order valence-electron chi connectivity index (χ2n) is 5.81. The first-order valence-corrected chi connectivity index (χ1v) is 7.43. The number of hydrogen-bond acceptors (Lipinski definition) is 5. The molecule has 0 saturated carbocycles. The van der Waals surface area contributed by atoms with Gasteiger partial charge >= 0.3 is 6.18 Å². The van der Waals surface area contributed by atoms with Gasteiger partial charge < -0.3 is 9.64 Å². The Hall–Kier alpha value is -1.68. The number of morpholine rings is 1. The number of H-pyrrole nitrogens is 1. The number of rotatable bonds is 3. The quantitative estimate of drug-likeness (QED) is 0.879. The molecular weight excluding hydrogens is 315 g/mol. The van der Waals surface area contributed by atoms with Gasteiger partial charge in [-0.2, -0.15) is 18.3 Å². The number of carbonyl (C=O) groups is 1. The summed E-state index contributed by atoms with van der Waals surface area (Å²) in [5, 5.41) is 6.78. The van der Waals surface area contributed by atoms with E-state index in [0.717, 1.165) is 4.90 Å². The van der Waals surface area contributed by atoms with Crippen LogP contribution in [0.3, 0.4) is 0 Å². The van der Waals surface area contributed by atoms with E-state index in [0.29, 0.717) is 37.8 Å². The Balaban J connectivity index is 1.64. The first kappa shape index (κ1) is 16.2. The van der Waals surface area contributed by atoms with Crippen LogP contribution in [0.15, 0.2) is 0 Å². The standard InChI is InChI=1S/C13H18F3N5O2/c1-8-17-11(19-18-8)10-6-20(4-5-23-10)9-2-3-21(12(9)22)7-13(14,15)16/h9-10H,2-7H2,1H3,(H,17,18,19)/t9-,10-/m1/s1. The molecule has 10 heteroatoms. The highest BCUT2D eigenvalue weighted by atomic mass is 19.4. The zero-order valence-electron chi connectivity index (χ0n) is 12.6. The van der Waals surface area contributed by atoms with Crippen LogP contribution in [0.1, 0.15) is 24.2 Å². The van der Waals surface area contributed by atoms with Gasteiger partial charge in [0.05, 0.1) is 12.6 Å². The number of ether oxygens (including phenoxy) is 1. The molecule has 23 heavy (non-hydrogen) atoms. The number of aryl methyl sites for hydroxylation is 1. The Morgan fingerprint density at radius 1 is 1.39 bits per heavy atom. The van der Waals surface area contributed by atoms with Gasteiger partial charge in [-0.25, -0.2) is 4.98 Å². The molecule has 1 aromatic heterocycles. The van der Waals surface area contributed by atoms with E-state index in [1.54, 1.807) is 6.92 Å². The zero-order valence-corrected chi connectivity index (χ0v) is 12.6. The molecule has 2 aliphatic rings. The van der Waals surface area contributed by atoms with Gasteiger partial charge in [-0.05, 0) is 13.3 Å². The van der Waals surface area contributed by atoms with Crippen LogP contribution >= 0.6 is 0 Å². The second kappa shape index (κ2) is 6.08. The van der Waals surface area contributed by atoms with Crippen molar-refractivity contribution in [3.05, 3.63) is 11.6 Å². The number of nitrogens with one attached hydrogen (secondary N) is 1. The maximum atomic E-state index is 12.5. The van der Waals surface area contributed by atoms with Gasteiger partial charge in [-0.3, -0.25) is 14.8 Å². The molecule has 2 fully saturated rings. The summed E-state index contributed by atoms with van der Waals surface area (Å²) >= 11 is 0. The van der Waals surface area contributed by atoms with Crippen LogP contribution in [0.4, 0.5) is 13.2 Å². The summed E-state index contributed by atoms with van der Waals surface area (Å²) in [7, 11) is 0. The molecule has 0 aliphatic carbocycles. The van der Waals surface area contributed by atoms with Gasteiger partial charge in [0.15, 0.2) is 5.82 Å². The Bertz CT molecular complexity index is 576. The Labute approximate surface area is 130 Å². The van der Waals surface area contributed by atoms with Crippen LogP contribution in [0.2, 0.25) is 0 Å². The first-order chi connectivity index (χ1) is 10.8. The minimum absolute atomic E-state index is 0.130. The third-order valence-corrected chi connectivity index (χ3v) is 4.08. The molecule has 128 valence electrons. The van der Waals surface area contributed by atoms with Gasteiger partial charge in [0, 0.05) is 19.6 Å². The number of carbonyl (C=O) groups excluding carboxylic acids is 1. The summed E-state index contributed by atoms with van der Waals surface area (Å²) in [6.07, 6.45) is -4.35. The largest absolute Gasteiger partial charge is 0.406 e. The molecule has 0 radical (unpaired) electrons. The molecule has 1 aromatic rings. The number of hydrogen-bond donors (Lipinski definition) is 1. The molecule has 0 unspecified atom stereocenters. The van der Waals surface area contributed by atoms with Crippen LogP contribution in [0.5, 0.6) is 0 Å². The summed E-state index contributed by atoms with van der Waals surface area (Å²) in [6, 6.07) is -0.524. The lowest BCUT2D eigenvalue weighted by Gasteiger charge is -2.34. The number of likely N-dealkylation sites (tertiary alicyclic amines) is 1. The van der Waals surface area contributed by atoms with Crippen molar-refractivity contribution in [3.8, 4) is 0 Å². The molecule has 7 nitrogen and oxygen atoms in total. The van der Waals surface area contributed by atoms with E-state index in [-0.39, 0.29) is 12.6 Å². The molecule has 1 amide bonds. The normalized spacial score (nSPS) is 27.0. The fraction of sp³-hybridized carbons (Fsp3) is 0.769. The van der Waals surface area contributed by atoms with Crippen LogP contribution in [-0.2, 0) is 9.53 Å². The van der Waals surface area contributed by atoms with Crippen molar-refractivity contribution in [2.75, 3.05) is 32.8 Å². The van der Waals surface area contributed by atoms with E-state index in [4.69, 9.17) is 4.74 Å². The summed E-state index contributed by atoms with van der Waals surface area (Å²) in [4.78, 5) is 19.2. The zero-order chi connectivity index (χ0) is 16.6. The third kappa shape index (κ3) is 3.63. The number of halogens is 3. The van der Waals surface area contributed by atoms with Crippen molar-refractivity contribution in [3.63, 3.8) is 0 Å². The second-order valence-corrected chi connectivity index (χ2v) is 5.81. The molecule has 1 N–H and O–H groups in total. The summed E-state index contributed by atoms with van der Waals surface area (Å²) in [5.41, 5.74) is 0. The van der Waals surface area contributed by atoms with Gasteiger partial charge in [0.1, 0.15) is 18.5 Å². The fourth-order valence-corrected chi connectivity index (χ4v) is 3.05.